The minimum absolute atomic E-state index is 0.0422. The number of nitrogen functional groups attached to an aromatic ring is 2. The van der Waals surface area contributed by atoms with Gasteiger partial charge in [-0.3, -0.25) is 10.2 Å². The summed E-state index contributed by atoms with van der Waals surface area (Å²) in [6.45, 7) is 1.93. The van der Waals surface area contributed by atoms with Gasteiger partial charge in [0.25, 0.3) is 5.91 Å². The largest absolute Gasteiger partial charge is 0.396 e. The Kier molecular flexibility index (Phi) is 2.41. The minimum atomic E-state index is -0.548. The maximum absolute atomic E-state index is 11.3. The van der Waals surface area contributed by atoms with E-state index in [0.29, 0.717) is 10.9 Å². The van der Waals surface area contributed by atoms with Crippen molar-refractivity contribution < 1.29 is 4.79 Å². The standard InChI is InChI=1S/C10H11N5O/c1-5-2-3-7-6(4-5)8(11)9(15-14-7)10(16)13-12/h2-4H,12H2,1H3,(H2,11,14)(H,13,16). The zero-order valence-electron chi connectivity index (χ0n) is 8.69. The number of carbonyl (C=O) groups excluding carboxylic acids is 1. The fourth-order valence-electron chi connectivity index (χ4n) is 1.47. The number of anilines is 1. The molecular formula is C10H11N5O. The lowest BCUT2D eigenvalue weighted by Gasteiger charge is -2.06. The van der Waals surface area contributed by atoms with Crippen LogP contribution in [0.25, 0.3) is 10.9 Å². The summed E-state index contributed by atoms with van der Waals surface area (Å²) >= 11 is 0. The van der Waals surface area contributed by atoms with Crippen LogP contribution in [0.15, 0.2) is 18.2 Å². The van der Waals surface area contributed by atoms with Gasteiger partial charge in [0.2, 0.25) is 0 Å². The first-order chi connectivity index (χ1) is 7.63. The zero-order valence-corrected chi connectivity index (χ0v) is 8.69. The number of aromatic nitrogens is 2. The molecule has 82 valence electrons. The molecule has 2 rings (SSSR count). The van der Waals surface area contributed by atoms with Crippen molar-refractivity contribution in [1.29, 1.82) is 0 Å². The second-order valence-corrected chi connectivity index (χ2v) is 3.46. The summed E-state index contributed by atoms with van der Waals surface area (Å²) in [6, 6.07) is 5.56. The predicted molar refractivity (Wildman–Crippen MR) is 60.3 cm³/mol. The van der Waals surface area contributed by atoms with Gasteiger partial charge in [0, 0.05) is 5.39 Å². The van der Waals surface area contributed by atoms with Gasteiger partial charge in [-0.05, 0) is 19.1 Å². The smallest absolute Gasteiger partial charge is 0.287 e. The highest BCUT2D eigenvalue weighted by molar-refractivity contribution is 6.04. The van der Waals surface area contributed by atoms with E-state index in [9.17, 15) is 4.79 Å². The highest BCUT2D eigenvalue weighted by Gasteiger charge is 2.13. The lowest BCUT2D eigenvalue weighted by Crippen LogP contribution is -2.31. The van der Waals surface area contributed by atoms with Crippen molar-refractivity contribution in [2.45, 2.75) is 6.92 Å². The van der Waals surface area contributed by atoms with Crippen LogP contribution in [-0.4, -0.2) is 16.1 Å². The van der Waals surface area contributed by atoms with Gasteiger partial charge in [-0.2, -0.15) is 0 Å². The van der Waals surface area contributed by atoms with Gasteiger partial charge in [-0.15, -0.1) is 10.2 Å². The van der Waals surface area contributed by atoms with Crippen LogP contribution in [-0.2, 0) is 0 Å². The van der Waals surface area contributed by atoms with Crippen molar-refractivity contribution in [3.05, 3.63) is 29.5 Å². The average molecular weight is 217 g/mol. The molecule has 0 saturated carbocycles. The summed E-state index contributed by atoms with van der Waals surface area (Å²) in [6.07, 6.45) is 0. The number of benzene rings is 1. The molecule has 1 amide bonds. The van der Waals surface area contributed by atoms with Crippen LogP contribution in [0.3, 0.4) is 0 Å². The molecule has 6 nitrogen and oxygen atoms in total. The summed E-state index contributed by atoms with van der Waals surface area (Å²) in [7, 11) is 0. The minimum Gasteiger partial charge on any atom is -0.396 e. The van der Waals surface area contributed by atoms with Crippen LogP contribution in [0.4, 0.5) is 5.69 Å². The molecule has 0 unspecified atom stereocenters. The molecule has 0 bridgehead atoms. The molecule has 0 atom stereocenters. The number of carbonyl (C=O) groups is 1. The lowest BCUT2D eigenvalue weighted by atomic mass is 10.1. The van der Waals surface area contributed by atoms with Crippen LogP contribution in [0.5, 0.6) is 0 Å². The van der Waals surface area contributed by atoms with Crippen molar-refractivity contribution in [2.24, 2.45) is 5.84 Å². The van der Waals surface area contributed by atoms with Crippen molar-refractivity contribution in [2.75, 3.05) is 5.73 Å². The molecule has 2 aromatic rings. The van der Waals surface area contributed by atoms with E-state index in [0.717, 1.165) is 5.56 Å². The highest BCUT2D eigenvalue weighted by Crippen LogP contribution is 2.22. The van der Waals surface area contributed by atoms with Crippen molar-refractivity contribution >= 4 is 22.5 Å². The van der Waals surface area contributed by atoms with Gasteiger partial charge in [-0.25, -0.2) is 5.84 Å². The number of hydrazine groups is 1. The number of amides is 1. The van der Waals surface area contributed by atoms with E-state index >= 15 is 0 Å². The van der Waals surface area contributed by atoms with Gasteiger partial charge >= 0.3 is 0 Å². The Hall–Kier alpha value is -2.21. The quantitative estimate of drug-likeness (QED) is 0.357. The third-order valence-corrected chi connectivity index (χ3v) is 2.30. The number of nitrogens with zero attached hydrogens (tertiary/aromatic N) is 2. The normalized spacial score (nSPS) is 10.4. The molecule has 6 heteroatoms. The van der Waals surface area contributed by atoms with E-state index in [1.165, 1.54) is 0 Å². The molecule has 0 fully saturated rings. The summed E-state index contributed by atoms with van der Waals surface area (Å²) in [5.74, 6) is 4.48. The first-order valence-corrected chi connectivity index (χ1v) is 4.67. The van der Waals surface area contributed by atoms with Gasteiger partial charge in [0.1, 0.15) is 0 Å². The molecule has 0 radical (unpaired) electrons. The number of rotatable bonds is 1. The molecule has 0 spiro atoms. The van der Waals surface area contributed by atoms with E-state index in [2.05, 4.69) is 10.2 Å². The maximum atomic E-state index is 11.3. The zero-order chi connectivity index (χ0) is 11.7. The van der Waals surface area contributed by atoms with E-state index in [1.54, 1.807) is 6.07 Å². The Labute approximate surface area is 91.6 Å². The average Bonchev–Trinajstić information content (AvgIpc) is 2.29. The number of nitrogens with one attached hydrogen (secondary N) is 1. The molecule has 1 heterocycles. The van der Waals surface area contributed by atoms with Gasteiger partial charge < -0.3 is 5.73 Å². The number of hydrogen-bond donors (Lipinski definition) is 3. The number of nitrogens with two attached hydrogens (primary N) is 2. The molecule has 16 heavy (non-hydrogen) atoms. The van der Waals surface area contributed by atoms with Crippen LogP contribution in [0.2, 0.25) is 0 Å². The number of fused-ring (bicyclic) bond motifs is 1. The Morgan fingerprint density at radius 2 is 2.12 bits per heavy atom. The Morgan fingerprint density at radius 1 is 1.38 bits per heavy atom. The predicted octanol–water partition coefficient (Wildman–Crippen LogP) is 0.124. The topological polar surface area (TPSA) is 107 Å². The summed E-state index contributed by atoms with van der Waals surface area (Å²) in [4.78, 5) is 11.3. The molecule has 1 aromatic carbocycles. The SMILES string of the molecule is Cc1ccc2nnc(C(=O)NN)c(N)c2c1. The first-order valence-electron chi connectivity index (χ1n) is 4.67. The second-order valence-electron chi connectivity index (χ2n) is 3.46. The summed E-state index contributed by atoms with van der Waals surface area (Å²) in [5.41, 5.74) is 9.84. The van der Waals surface area contributed by atoms with E-state index in [4.69, 9.17) is 11.6 Å². The van der Waals surface area contributed by atoms with Crippen molar-refractivity contribution in [3.63, 3.8) is 0 Å². The fourth-order valence-corrected chi connectivity index (χ4v) is 1.47. The third kappa shape index (κ3) is 1.55. The Morgan fingerprint density at radius 3 is 2.81 bits per heavy atom. The first kappa shape index (κ1) is 10.3. The third-order valence-electron chi connectivity index (χ3n) is 2.30. The molecule has 5 N–H and O–H groups in total. The second kappa shape index (κ2) is 3.74. The molecule has 0 aliphatic rings. The maximum Gasteiger partial charge on any atom is 0.287 e. The van der Waals surface area contributed by atoms with E-state index < -0.39 is 5.91 Å². The summed E-state index contributed by atoms with van der Waals surface area (Å²) < 4.78 is 0. The fraction of sp³-hybridized carbons (Fsp3) is 0.100. The monoisotopic (exact) mass is 217 g/mol. The number of hydrogen-bond acceptors (Lipinski definition) is 5. The van der Waals surface area contributed by atoms with Crippen LogP contribution < -0.4 is 17.0 Å². The van der Waals surface area contributed by atoms with Gasteiger partial charge in [-0.1, -0.05) is 11.6 Å². The van der Waals surface area contributed by atoms with Crippen LogP contribution >= 0.6 is 0 Å². The molecule has 0 saturated heterocycles. The van der Waals surface area contributed by atoms with Crippen molar-refractivity contribution in [1.82, 2.24) is 15.6 Å². The molecule has 0 aliphatic carbocycles. The molecule has 0 aliphatic heterocycles. The molecule has 1 aromatic heterocycles. The highest BCUT2D eigenvalue weighted by atomic mass is 16.2. The van der Waals surface area contributed by atoms with Crippen LogP contribution in [0, 0.1) is 6.92 Å². The molecular weight excluding hydrogens is 206 g/mol. The lowest BCUT2D eigenvalue weighted by molar-refractivity contribution is 0.0949. The Balaban J connectivity index is 2.72. The van der Waals surface area contributed by atoms with Crippen molar-refractivity contribution in [3.8, 4) is 0 Å². The summed E-state index contributed by atoms with van der Waals surface area (Å²) in [5, 5.41) is 8.35. The Bertz CT molecular complexity index is 566. The van der Waals surface area contributed by atoms with Gasteiger partial charge in [0.05, 0.1) is 11.2 Å². The van der Waals surface area contributed by atoms with Crippen LogP contribution in [0.1, 0.15) is 16.1 Å². The van der Waals surface area contributed by atoms with E-state index in [1.807, 2.05) is 24.5 Å². The van der Waals surface area contributed by atoms with Gasteiger partial charge in [0.15, 0.2) is 5.69 Å². The number of aryl methyl sites for hydroxylation is 1. The van der Waals surface area contributed by atoms with E-state index in [-0.39, 0.29) is 11.4 Å².